The molecule has 0 amide bonds. The fraction of sp³-hybridized carbons (Fsp3) is 1.00. The molecule has 5 nitrogen and oxygen atoms in total. The molecule has 0 bridgehead atoms. The van der Waals surface area contributed by atoms with Crippen LogP contribution in [0.4, 0.5) is 0 Å². The third-order valence-electron chi connectivity index (χ3n) is 4.78. The van der Waals surface area contributed by atoms with Crippen molar-refractivity contribution in [1.82, 2.24) is 14.7 Å². The highest BCUT2D eigenvalue weighted by molar-refractivity contribution is 4.86. The number of aliphatic hydroxyl groups is 1. The molecule has 0 aromatic carbocycles. The normalized spacial score (nSPS) is 25.2. The first-order chi connectivity index (χ1) is 9.63. The quantitative estimate of drug-likeness (QED) is 0.741. The lowest BCUT2D eigenvalue weighted by Gasteiger charge is -2.43. The maximum atomic E-state index is 9.77. The van der Waals surface area contributed by atoms with Gasteiger partial charge in [-0.25, -0.2) is 0 Å². The second-order valence-electron chi connectivity index (χ2n) is 6.69. The summed E-state index contributed by atoms with van der Waals surface area (Å²) in [6.07, 6.45) is 2.01. The SMILES string of the molecule is CN(C)CCN1CCN(CC2(CO)CCOCC2)CC1. The Kier molecular flexibility index (Phi) is 6.23. The Hall–Kier alpha value is -0.200. The lowest BCUT2D eigenvalue weighted by molar-refractivity contribution is -0.0404. The van der Waals surface area contributed by atoms with E-state index in [0.717, 1.165) is 65.3 Å². The van der Waals surface area contributed by atoms with Gasteiger partial charge in [-0.3, -0.25) is 4.90 Å². The maximum Gasteiger partial charge on any atom is 0.0501 e. The summed E-state index contributed by atoms with van der Waals surface area (Å²) in [4.78, 5) is 7.33. The second kappa shape index (κ2) is 7.71. The summed E-state index contributed by atoms with van der Waals surface area (Å²) in [6.45, 7) is 9.85. The van der Waals surface area contributed by atoms with Crippen LogP contribution in [0, 0.1) is 5.41 Å². The van der Waals surface area contributed by atoms with Crippen molar-refractivity contribution in [2.24, 2.45) is 5.41 Å². The summed E-state index contributed by atoms with van der Waals surface area (Å²) in [7, 11) is 4.26. The number of hydrogen-bond acceptors (Lipinski definition) is 5. The molecule has 2 aliphatic heterocycles. The van der Waals surface area contributed by atoms with Gasteiger partial charge in [0.2, 0.25) is 0 Å². The first-order valence-corrected chi connectivity index (χ1v) is 7.92. The van der Waals surface area contributed by atoms with Crippen LogP contribution in [0.5, 0.6) is 0 Å². The molecule has 0 aromatic rings. The van der Waals surface area contributed by atoms with Crippen LogP contribution in [-0.4, -0.2) is 99.5 Å². The van der Waals surface area contributed by atoms with Gasteiger partial charge in [0.15, 0.2) is 0 Å². The van der Waals surface area contributed by atoms with Crippen LogP contribution in [0.3, 0.4) is 0 Å². The van der Waals surface area contributed by atoms with Gasteiger partial charge in [0, 0.05) is 64.4 Å². The van der Waals surface area contributed by atoms with E-state index in [1.54, 1.807) is 0 Å². The third-order valence-corrected chi connectivity index (χ3v) is 4.78. The first kappa shape index (κ1) is 16.2. The molecule has 0 spiro atoms. The van der Waals surface area contributed by atoms with Crippen molar-refractivity contribution >= 4 is 0 Å². The zero-order valence-electron chi connectivity index (χ0n) is 13.2. The van der Waals surface area contributed by atoms with Gasteiger partial charge in [0.05, 0.1) is 6.61 Å². The van der Waals surface area contributed by atoms with Gasteiger partial charge in [0.1, 0.15) is 0 Å². The average Bonchev–Trinajstić information content (AvgIpc) is 2.47. The van der Waals surface area contributed by atoms with Gasteiger partial charge in [-0.05, 0) is 26.9 Å². The highest BCUT2D eigenvalue weighted by Crippen LogP contribution is 2.31. The zero-order valence-corrected chi connectivity index (χ0v) is 13.2. The minimum atomic E-state index is 0.0874. The number of rotatable bonds is 6. The van der Waals surface area contributed by atoms with E-state index >= 15 is 0 Å². The van der Waals surface area contributed by atoms with Crippen LogP contribution in [-0.2, 0) is 4.74 Å². The lowest BCUT2D eigenvalue weighted by Crippen LogP contribution is -2.52. The van der Waals surface area contributed by atoms with Crippen molar-refractivity contribution in [3.8, 4) is 0 Å². The van der Waals surface area contributed by atoms with E-state index in [2.05, 4.69) is 28.8 Å². The summed E-state index contributed by atoms with van der Waals surface area (Å²) in [5.41, 5.74) is 0.0874. The average molecular weight is 285 g/mol. The molecular weight excluding hydrogens is 254 g/mol. The molecular formula is C15H31N3O2. The van der Waals surface area contributed by atoms with Gasteiger partial charge in [-0.15, -0.1) is 0 Å². The van der Waals surface area contributed by atoms with Crippen LogP contribution < -0.4 is 0 Å². The van der Waals surface area contributed by atoms with Crippen molar-refractivity contribution in [2.75, 3.05) is 79.7 Å². The summed E-state index contributed by atoms with van der Waals surface area (Å²) in [6, 6.07) is 0. The zero-order chi connectivity index (χ0) is 14.4. The Morgan fingerprint density at radius 1 is 1.05 bits per heavy atom. The molecule has 20 heavy (non-hydrogen) atoms. The molecule has 0 saturated carbocycles. The molecule has 2 heterocycles. The van der Waals surface area contributed by atoms with Gasteiger partial charge in [-0.2, -0.15) is 0 Å². The summed E-state index contributed by atoms with van der Waals surface area (Å²) in [5, 5.41) is 9.77. The topological polar surface area (TPSA) is 39.2 Å². The van der Waals surface area contributed by atoms with E-state index in [9.17, 15) is 5.11 Å². The molecule has 0 aliphatic carbocycles. The van der Waals surface area contributed by atoms with Gasteiger partial charge < -0.3 is 19.6 Å². The van der Waals surface area contributed by atoms with Crippen molar-refractivity contribution in [2.45, 2.75) is 12.8 Å². The van der Waals surface area contributed by atoms with Gasteiger partial charge >= 0.3 is 0 Å². The van der Waals surface area contributed by atoms with Crippen molar-refractivity contribution in [1.29, 1.82) is 0 Å². The fourth-order valence-electron chi connectivity index (χ4n) is 3.16. The van der Waals surface area contributed by atoms with Crippen molar-refractivity contribution in [3.05, 3.63) is 0 Å². The number of likely N-dealkylation sites (N-methyl/N-ethyl adjacent to an activating group) is 1. The lowest BCUT2D eigenvalue weighted by atomic mass is 9.80. The maximum absolute atomic E-state index is 9.77. The number of aliphatic hydroxyl groups excluding tert-OH is 1. The van der Waals surface area contributed by atoms with E-state index in [4.69, 9.17) is 4.74 Å². The molecule has 0 atom stereocenters. The van der Waals surface area contributed by atoms with E-state index in [1.807, 2.05) is 0 Å². The van der Waals surface area contributed by atoms with Crippen molar-refractivity contribution in [3.63, 3.8) is 0 Å². The summed E-state index contributed by atoms with van der Waals surface area (Å²) < 4.78 is 5.44. The van der Waals surface area contributed by atoms with E-state index in [1.165, 1.54) is 6.54 Å². The van der Waals surface area contributed by atoms with Crippen molar-refractivity contribution < 1.29 is 9.84 Å². The highest BCUT2D eigenvalue weighted by atomic mass is 16.5. The van der Waals surface area contributed by atoms with E-state index < -0.39 is 0 Å². The number of piperazine rings is 1. The fourth-order valence-corrected chi connectivity index (χ4v) is 3.16. The molecule has 2 aliphatic rings. The van der Waals surface area contributed by atoms with Gasteiger partial charge in [0.25, 0.3) is 0 Å². The highest BCUT2D eigenvalue weighted by Gasteiger charge is 2.34. The number of hydrogen-bond donors (Lipinski definition) is 1. The van der Waals surface area contributed by atoms with Crippen LogP contribution in [0.25, 0.3) is 0 Å². The molecule has 0 radical (unpaired) electrons. The van der Waals surface area contributed by atoms with Crippen LogP contribution in [0.1, 0.15) is 12.8 Å². The van der Waals surface area contributed by atoms with Gasteiger partial charge in [-0.1, -0.05) is 0 Å². The molecule has 2 rings (SSSR count). The Morgan fingerprint density at radius 2 is 1.65 bits per heavy atom. The van der Waals surface area contributed by atoms with Crippen LogP contribution >= 0.6 is 0 Å². The summed E-state index contributed by atoms with van der Waals surface area (Å²) in [5.74, 6) is 0. The molecule has 1 N–H and O–H groups in total. The molecule has 118 valence electrons. The third kappa shape index (κ3) is 4.67. The molecule has 5 heteroatoms. The van der Waals surface area contributed by atoms with Crippen LogP contribution in [0.2, 0.25) is 0 Å². The van der Waals surface area contributed by atoms with E-state index in [-0.39, 0.29) is 5.41 Å². The Labute approximate surface area is 123 Å². The van der Waals surface area contributed by atoms with E-state index in [0.29, 0.717) is 6.61 Å². The minimum absolute atomic E-state index is 0.0874. The number of nitrogens with zero attached hydrogens (tertiary/aromatic N) is 3. The Morgan fingerprint density at radius 3 is 2.20 bits per heavy atom. The first-order valence-electron chi connectivity index (χ1n) is 7.92. The summed E-state index contributed by atoms with van der Waals surface area (Å²) >= 11 is 0. The number of ether oxygens (including phenoxy) is 1. The second-order valence-corrected chi connectivity index (χ2v) is 6.69. The molecule has 0 aromatic heterocycles. The Bertz CT molecular complexity index is 272. The largest absolute Gasteiger partial charge is 0.396 e. The monoisotopic (exact) mass is 285 g/mol. The molecule has 2 saturated heterocycles. The standard InChI is InChI=1S/C15H31N3O2/c1-16(2)5-6-17-7-9-18(10-8-17)13-15(14-19)3-11-20-12-4-15/h19H,3-14H2,1-2H3. The minimum Gasteiger partial charge on any atom is -0.396 e. The smallest absolute Gasteiger partial charge is 0.0501 e. The molecule has 2 fully saturated rings. The predicted octanol–water partition coefficient (Wildman–Crippen LogP) is -0.0453. The molecule has 0 unspecified atom stereocenters. The van der Waals surface area contributed by atoms with Crippen LogP contribution in [0.15, 0.2) is 0 Å². The predicted molar refractivity (Wildman–Crippen MR) is 81.0 cm³/mol. The Balaban J connectivity index is 1.73.